The first-order valence-corrected chi connectivity index (χ1v) is 6.14. The van der Waals surface area contributed by atoms with Crippen molar-refractivity contribution in [2.75, 3.05) is 18.5 Å². The first-order chi connectivity index (χ1) is 7.40. The van der Waals surface area contributed by atoms with E-state index in [9.17, 15) is 0 Å². The molecule has 0 bridgehead atoms. The summed E-state index contributed by atoms with van der Waals surface area (Å²) in [6, 6.07) is 6.01. The summed E-state index contributed by atoms with van der Waals surface area (Å²) < 4.78 is 10.9. The highest BCUT2D eigenvalue weighted by atomic mass is 79.9. The van der Waals surface area contributed by atoms with Crippen molar-refractivity contribution in [2.24, 2.45) is 0 Å². The Kier molecular flexibility index (Phi) is 3.67. The van der Waals surface area contributed by atoms with Gasteiger partial charge in [0.1, 0.15) is 13.2 Å². The smallest absolute Gasteiger partial charge is 0.161 e. The van der Waals surface area contributed by atoms with Gasteiger partial charge in [-0.2, -0.15) is 0 Å². The zero-order valence-electron chi connectivity index (χ0n) is 8.41. The molecule has 1 aliphatic rings. The van der Waals surface area contributed by atoms with Gasteiger partial charge in [0.05, 0.1) is 0 Å². The number of ether oxygens (including phenoxy) is 2. The standard InChI is InChI=1S/C12H13BrO2/c13-6-2-1-3-10-4-5-11-12(9-10)15-8-7-14-11/h1,3-5,9H,2,6-8H2. The maximum Gasteiger partial charge on any atom is 0.161 e. The van der Waals surface area contributed by atoms with E-state index in [2.05, 4.69) is 28.1 Å². The Morgan fingerprint density at radius 2 is 2.00 bits per heavy atom. The fourth-order valence-corrected chi connectivity index (χ4v) is 1.71. The normalized spacial score (nSPS) is 14.5. The summed E-state index contributed by atoms with van der Waals surface area (Å²) in [7, 11) is 0. The predicted octanol–water partition coefficient (Wildman–Crippen LogP) is 3.26. The minimum Gasteiger partial charge on any atom is -0.486 e. The van der Waals surface area contributed by atoms with Gasteiger partial charge in [0.25, 0.3) is 0 Å². The van der Waals surface area contributed by atoms with Crippen molar-refractivity contribution in [2.45, 2.75) is 6.42 Å². The van der Waals surface area contributed by atoms with E-state index in [1.165, 1.54) is 0 Å². The third-order valence-corrected chi connectivity index (χ3v) is 2.61. The van der Waals surface area contributed by atoms with Crippen molar-refractivity contribution < 1.29 is 9.47 Å². The van der Waals surface area contributed by atoms with Crippen LogP contribution in [0.15, 0.2) is 24.3 Å². The highest BCUT2D eigenvalue weighted by molar-refractivity contribution is 9.09. The summed E-state index contributed by atoms with van der Waals surface area (Å²) >= 11 is 3.39. The highest BCUT2D eigenvalue weighted by Gasteiger charge is 2.10. The lowest BCUT2D eigenvalue weighted by molar-refractivity contribution is 0.171. The molecule has 2 rings (SSSR count). The zero-order chi connectivity index (χ0) is 10.5. The van der Waals surface area contributed by atoms with E-state index < -0.39 is 0 Å². The molecular weight excluding hydrogens is 256 g/mol. The molecule has 0 radical (unpaired) electrons. The van der Waals surface area contributed by atoms with E-state index >= 15 is 0 Å². The maximum atomic E-state index is 5.50. The van der Waals surface area contributed by atoms with Crippen molar-refractivity contribution in [3.63, 3.8) is 0 Å². The van der Waals surface area contributed by atoms with Gasteiger partial charge in [-0.3, -0.25) is 0 Å². The van der Waals surface area contributed by atoms with Crippen LogP contribution in [0.2, 0.25) is 0 Å². The van der Waals surface area contributed by atoms with Gasteiger partial charge < -0.3 is 9.47 Å². The molecule has 0 atom stereocenters. The molecule has 0 saturated heterocycles. The van der Waals surface area contributed by atoms with E-state index in [1.807, 2.05) is 18.2 Å². The molecule has 0 saturated carbocycles. The fraction of sp³-hybridized carbons (Fsp3) is 0.333. The van der Waals surface area contributed by atoms with Crippen LogP contribution >= 0.6 is 15.9 Å². The molecule has 0 spiro atoms. The third-order valence-electron chi connectivity index (χ3n) is 2.15. The Balaban J connectivity index is 2.13. The molecule has 1 aromatic carbocycles. The SMILES string of the molecule is BrCCC=Cc1ccc2c(c1)OCCO2. The summed E-state index contributed by atoms with van der Waals surface area (Å²) in [5, 5.41) is 0.994. The van der Waals surface area contributed by atoms with Crippen molar-refractivity contribution in [1.82, 2.24) is 0 Å². The Labute approximate surface area is 98.0 Å². The first-order valence-electron chi connectivity index (χ1n) is 5.02. The Hall–Kier alpha value is -0.960. The van der Waals surface area contributed by atoms with Crippen molar-refractivity contribution in [3.8, 4) is 11.5 Å². The Morgan fingerprint density at radius 1 is 1.20 bits per heavy atom. The largest absolute Gasteiger partial charge is 0.486 e. The van der Waals surface area contributed by atoms with Crippen LogP contribution in [0, 0.1) is 0 Å². The van der Waals surface area contributed by atoms with Crippen LogP contribution in [0.4, 0.5) is 0 Å². The number of rotatable bonds is 3. The third kappa shape index (κ3) is 2.75. The van der Waals surface area contributed by atoms with Crippen LogP contribution in [0.5, 0.6) is 11.5 Å². The predicted molar refractivity (Wildman–Crippen MR) is 64.9 cm³/mol. The van der Waals surface area contributed by atoms with Gasteiger partial charge in [0.2, 0.25) is 0 Å². The quantitative estimate of drug-likeness (QED) is 0.784. The summed E-state index contributed by atoms with van der Waals surface area (Å²) in [5.74, 6) is 1.70. The van der Waals surface area contributed by atoms with Gasteiger partial charge in [-0.1, -0.05) is 34.1 Å². The number of allylic oxidation sites excluding steroid dienone is 1. The summed E-state index contributed by atoms with van der Waals surface area (Å²) in [5.41, 5.74) is 1.15. The molecule has 3 heteroatoms. The summed E-state index contributed by atoms with van der Waals surface area (Å²) in [4.78, 5) is 0. The summed E-state index contributed by atoms with van der Waals surface area (Å²) in [6.45, 7) is 1.29. The van der Waals surface area contributed by atoms with Crippen molar-refractivity contribution >= 4 is 22.0 Å². The lowest BCUT2D eigenvalue weighted by Gasteiger charge is -2.18. The molecule has 0 aromatic heterocycles. The van der Waals surface area contributed by atoms with Gasteiger partial charge in [-0.15, -0.1) is 0 Å². The molecule has 0 aliphatic carbocycles. The van der Waals surface area contributed by atoms with Gasteiger partial charge in [0, 0.05) is 5.33 Å². The van der Waals surface area contributed by atoms with Crippen LogP contribution < -0.4 is 9.47 Å². The van der Waals surface area contributed by atoms with E-state index in [4.69, 9.17) is 9.47 Å². The molecule has 2 nitrogen and oxygen atoms in total. The van der Waals surface area contributed by atoms with E-state index in [-0.39, 0.29) is 0 Å². The van der Waals surface area contributed by atoms with Crippen molar-refractivity contribution in [3.05, 3.63) is 29.8 Å². The molecule has 0 N–H and O–H groups in total. The number of halogens is 1. The Morgan fingerprint density at radius 3 is 2.80 bits per heavy atom. The first kappa shape index (κ1) is 10.6. The lowest BCUT2D eigenvalue weighted by atomic mass is 10.1. The van der Waals surface area contributed by atoms with Gasteiger partial charge in [-0.25, -0.2) is 0 Å². The number of hydrogen-bond acceptors (Lipinski definition) is 2. The average molecular weight is 269 g/mol. The van der Waals surface area contributed by atoms with Gasteiger partial charge in [0.15, 0.2) is 11.5 Å². The zero-order valence-corrected chi connectivity index (χ0v) is 10.00. The fourth-order valence-electron chi connectivity index (χ4n) is 1.45. The molecule has 80 valence electrons. The van der Waals surface area contributed by atoms with Crippen LogP contribution in [0.3, 0.4) is 0 Å². The highest BCUT2D eigenvalue weighted by Crippen LogP contribution is 2.31. The summed E-state index contributed by atoms with van der Waals surface area (Å²) in [6.07, 6.45) is 5.27. The number of hydrogen-bond donors (Lipinski definition) is 0. The molecule has 0 fully saturated rings. The molecule has 1 aromatic rings. The van der Waals surface area contributed by atoms with Crippen LogP contribution in [-0.2, 0) is 0 Å². The second-order valence-electron chi connectivity index (χ2n) is 3.28. The van der Waals surface area contributed by atoms with Crippen LogP contribution in [-0.4, -0.2) is 18.5 Å². The minimum absolute atomic E-state index is 0.640. The average Bonchev–Trinajstić information content (AvgIpc) is 2.29. The molecule has 1 heterocycles. The van der Waals surface area contributed by atoms with E-state index in [0.717, 1.165) is 28.8 Å². The molecule has 0 unspecified atom stereocenters. The second-order valence-corrected chi connectivity index (χ2v) is 4.08. The van der Waals surface area contributed by atoms with Gasteiger partial charge >= 0.3 is 0 Å². The topological polar surface area (TPSA) is 18.5 Å². The second kappa shape index (κ2) is 5.21. The van der Waals surface area contributed by atoms with Gasteiger partial charge in [-0.05, 0) is 24.1 Å². The molecule has 15 heavy (non-hydrogen) atoms. The monoisotopic (exact) mass is 268 g/mol. The van der Waals surface area contributed by atoms with Crippen LogP contribution in [0.25, 0.3) is 6.08 Å². The Bertz CT molecular complexity index is 361. The van der Waals surface area contributed by atoms with E-state index in [1.54, 1.807) is 0 Å². The number of alkyl halides is 1. The number of fused-ring (bicyclic) bond motifs is 1. The lowest BCUT2D eigenvalue weighted by Crippen LogP contribution is -2.15. The van der Waals surface area contributed by atoms with E-state index in [0.29, 0.717) is 13.2 Å². The molecule has 0 amide bonds. The van der Waals surface area contributed by atoms with Crippen LogP contribution in [0.1, 0.15) is 12.0 Å². The number of benzene rings is 1. The molecular formula is C12H13BrO2. The minimum atomic E-state index is 0.640. The maximum absolute atomic E-state index is 5.50. The molecule has 1 aliphatic heterocycles. The van der Waals surface area contributed by atoms with Crippen molar-refractivity contribution in [1.29, 1.82) is 0 Å².